The molecule has 2 aromatic rings. The molecule has 3 nitrogen and oxygen atoms in total. The van der Waals surface area contributed by atoms with Gasteiger partial charge in [-0.05, 0) is 33.3 Å². The molecule has 0 aliphatic heterocycles. The standard InChI is InChI=1S/C15H20ClN3/c1-11-5-7-12(8-6-11)9-13-17-18-14(10-16)19(13)15(2,3)4/h5-8H,9-10H2,1-4H3. The van der Waals surface area contributed by atoms with Crippen molar-refractivity contribution < 1.29 is 0 Å². The van der Waals surface area contributed by atoms with Crippen LogP contribution in [0, 0.1) is 6.92 Å². The smallest absolute Gasteiger partial charge is 0.148 e. The zero-order valence-corrected chi connectivity index (χ0v) is 12.7. The molecular weight excluding hydrogens is 258 g/mol. The summed E-state index contributed by atoms with van der Waals surface area (Å²) < 4.78 is 2.14. The number of aromatic nitrogens is 3. The summed E-state index contributed by atoms with van der Waals surface area (Å²) in [6.07, 6.45) is 0.779. The van der Waals surface area contributed by atoms with Crippen molar-refractivity contribution in [2.24, 2.45) is 0 Å². The second-order valence-electron chi connectivity index (χ2n) is 5.83. The van der Waals surface area contributed by atoms with Crippen LogP contribution in [0.5, 0.6) is 0 Å². The van der Waals surface area contributed by atoms with Gasteiger partial charge in [-0.3, -0.25) is 0 Å². The number of halogens is 1. The summed E-state index contributed by atoms with van der Waals surface area (Å²) in [5, 5.41) is 8.50. The fraction of sp³-hybridized carbons (Fsp3) is 0.467. The average molecular weight is 278 g/mol. The third-order valence-electron chi connectivity index (χ3n) is 3.07. The van der Waals surface area contributed by atoms with Gasteiger partial charge in [0.25, 0.3) is 0 Å². The van der Waals surface area contributed by atoms with E-state index in [1.807, 2.05) is 0 Å². The average Bonchev–Trinajstić information content (AvgIpc) is 2.75. The van der Waals surface area contributed by atoms with Crippen molar-refractivity contribution >= 4 is 11.6 Å². The number of hydrogen-bond acceptors (Lipinski definition) is 2. The number of nitrogens with zero attached hydrogens (tertiary/aromatic N) is 3. The van der Waals surface area contributed by atoms with Crippen LogP contribution in [0.2, 0.25) is 0 Å². The molecule has 0 saturated heterocycles. The lowest BCUT2D eigenvalue weighted by molar-refractivity contribution is 0.375. The molecule has 0 spiro atoms. The monoisotopic (exact) mass is 277 g/mol. The number of hydrogen-bond donors (Lipinski definition) is 0. The first kappa shape index (κ1) is 14.1. The first-order chi connectivity index (χ1) is 8.91. The minimum Gasteiger partial charge on any atom is -0.308 e. The molecule has 19 heavy (non-hydrogen) atoms. The van der Waals surface area contributed by atoms with Gasteiger partial charge in [0.2, 0.25) is 0 Å². The Bertz CT molecular complexity index is 550. The van der Waals surface area contributed by atoms with Crippen molar-refractivity contribution in [1.82, 2.24) is 14.8 Å². The van der Waals surface area contributed by atoms with Gasteiger partial charge in [-0.15, -0.1) is 21.8 Å². The summed E-state index contributed by atoms with van der Waals surface area (Å²) in [6, 6.07) is 8.51. The molecule has 0 unspecified atom stereocenters. The SMILES string of the molecule is Cc1ccc(Cc2nnc(CCl)n2C(C)(C)C)cc1. The topological polar surface area (TPSA) is 30.7 Å². The molecule has 0 atom stereocenters. The van der Waals surface area contributed by atoms with Gasteiger partial charge in [0.05, 0.1) is 5.88 Å². The van der Waals surface area contributed by atoms with Crippen LogP contribution >= 0.6 is 11.6 Å². The first-order valence-electron chi connectivity index (χ1n) is 6.47. The molecule has 0 saturated carbocycles. The highest BCUT2D eigenvalue weighted by Gasteiger charge is 2.22. The third-order valence-corrected chi connectivity index (χ3v) is 3.31. The number of benzene rings is 1. The predicted octanol–water partition coefficient (Wildman–Crippen LogP) is 3.67. The van der Waals surface area contributed by atoms with E-state index in [0.717, 1.165) is 18.1 Å². The van der Waals surface area contributed by atoms with Gasteiger partial charge in [-0.2, -0.15) is 0 Å². The molecule has 1 aromatic carbocycles. The lowest BCUT2D eigenvalue weighted by Crippen LogP contribution is -2.26. The molecular formula is C15H20ClN3. The van der Waals surface area contributed by atoms with Gasteiger partial charge >= 0.3 is 0 Å². The quantitative estimate of drug-likeness (QED) is 0.802. The van der Waals surface area contributed by atoms with E-state index in [1.54, 1.807) is 0 Å². The van der Waals surface area contributed by atoms with Crippen LogP contribution in [0.4, 0.5) is 0 Å². The Hall–Kier alpha value is -1.35. The Morgan fingerprint density at radius 3 is 2.16 bits per heavy atom. The summed E-state index contributed by atoms with van der Waals surface area (Å²) in [6.45, 7) is 8.52. The molecule has 102 valence electrons. The molecule has 1 aromatic heterocycles. The van der Waals surface area contributed by atoms with Gasteiger partial charge in [-0.25, -0.2) is 0 Å². The van der Waals surface area contributed by atoms with Crippen LogP contribution in [0.25, 0.3) is 0 Å². The van der Waals surface area contributed by atoms with E-state index in [0.29, 0.717) is 5.88 Å². The second kappa shape index (κ2) is 5.33. The lowest BCUT2D eigenvalue weighted by atomic mass is 10.1. The third kappa shape index (κ3) is 3.16. The highest BCUT2D eigenvalue weighted by atomic mass is 35.5. The fourth-order valence-corrected chi connectivity index (χ4v) is 2.39. The molecule has 1 heterocycles. The van der Waals surface area contributed by atoms with Gasteiger partial charge in [-0.1, -0.05) is 29.8 Å². The largest absolute Gasteiger partial charge is 0.308 e. The molecule has 0 bridgehead atoms. The zero-order chi connectivity index (χ0) is 14.0. The van der Waals surface area contributed by atoms with Crippen molar-refractivity contribution in [3.63, 3.8) is 0 Å². The van der Waals surface area contributed by atoms with E-state index in [1.165, 1.54) is 11.1 Å². The highest BCUT2D eigenvalue weighted by Crippen LogP contribution is 2.21. The van der Waals surface area contributed by atoms with Crippen LogP contribution in [0.3, 0.4) is 0 Å². The molecule has 2 rings (SSSR count). The molecule has 0 aliphatic rings. The fourth-order valence-electron chi connectivity index (χ4n) is 2.22. The lowest BCUT2D eigenvalue weighted by Gasteiger charge is -2.24. The number of aryl methyl sites for hydroxylation is 1. The zero-order valence-electron chi connectivity index (χ0n) is 11.9. The summed E-state index contributed by atoms with van der Waals surface area (Å²) in [5.74, 6) is 2.18. The van der Waals surface area contributed by atoms with Crippen LogP contribution in [0.1, 0.15) is 43.5 Å². The van der Waals surface area contributed by atoms with Gasteiger partial charge in [0, 0.05) is 12.0 Å². The Labute approximate surface area is 119 Å². The van der Waals surface area contributed by atoms with E-state index >= 15 is 0 Å². The van der Waals surface area contributed by atoms with Crippen LogP contribution in [-0.4, -0.2) is 14.8 Å². The van der Waals surface area contributed by atoms with Crippen molar-refractivity contribution in [2.75, 3.05) is 0 Å². The molecule has 0 aliphatic carbocycles. The van der Waals surface area contributed by atoms with E-state index in [4.69, 9.17) is 11.6 Å². The Kier molecular flexibility index (Phi) is 3.95. The van der Waals surface area contributed by atoms with Gasteiger partial charge in [0.15, 0.2) is 0 Å². The molecule has 0 radical (unpaired) electrons. The van der Waals surface area contributed by atoms with Crippen LogP contribution in [-0.2, 0) is 17.8 Å². The van der Waals surface area contributed by atoms with Crippen LogP contribution < -0.4 is 0 Å². The summed E-state index contributed by atoms with van der Waals surface area (Å²) in [7, 11) is 0. The van der Waals surface area contributed by atoms with Crippen LogP contribution in [0.15, 0.2) is 24.3 Å². The Balaban J connectivity index is 2.35. The first-order valence-corrected chi connectivity index (χ1v) is 7.00. The van der Waals surface area contributed by atoms with Gasteiger partial charge in [0.1, 0.15) is 11.6 Å². The summed E-state index contributed by atoms with van der Waals surface area (Å²) in [5.41, 5.74) is 2.44. The summed E-state index contributed by atoms with van der Waals surface area (Å²) >= 11 is 5.95. The maximum Gasteiger partial charge on any atom is 0.148 e. The minimum atomic E-state index is -0.0618. The predicted molar refractivity (Wildman–Crippen MR) is 78.6 cm³/mol. The van der Waals surface area contributed by atoms with E-state index in [2.05, 4.69) is 66.7 Å². The molecule has 0 fully saturated rings. The summed E-state index contributed by atoms with van der Waals surface area (Å²) in [4.78, 5) is 0. The van der Waals surface area contributed by atoms with Crippen molar-refractivity contribution in [3.05, 3.63) is 47.0 Å². The van der Waals surface area contributed by atoms with E-state index in [9.17, 15) is 0 Å². The van der Waals surface area contributed by atoms with Crippen molar-refractivity contribution in [1.29, 1.82) is 0 Å². The maximum absolute atomic E-state index is 5.95. The molecule has 4 heteroatoms. The van der Waals surface area contributed by atoms with E-state index < -0.39 is 0 Å². The normalized spacial score (nSPS) is 11.8. The minimum absolute atomic E-state index is 0.0618. The Morgan fingerprint density at radius 1 is 1.05 bits per heavy atom. The number of rotatable bonds is 3. The molecule has 0 N–H and O–H groups in total. The van der Waals surface area contributed by atoms with Gasteiger partial charge < -0.3 is 4.57 Å². The van der Waals surface area contributed by atoms with Crippen molar-refractivity contribution in [2.45, 2.75) is 45.5 Å². The van der Waals surface area contributed by atoms with E-state index in [-0.39, 0.29) is 5.54 Å². The highest BCUT2D eigenvalue weighted by molar-refractivity contribution is 6.16. The Morgan fingerprint density at radius 2 is 1.63 bits per heavy atom. The molecule has 0 amide bonds. The second-order valence-corrected chi connectivity index (χ2v) is 6.10. The number of alkyl halides is 1. The van der Waals surface area contributed by atoms with Crippen molar-refractivity contribution in [3.8, 4) is 0 Å². The maximum atomic E-state index is 5.95.